The van der Waals surface area contributed by atoms with E-state index >= 15 is 0 Å². The van der Waals surface area contributed by atoms with Crippen molar-refractivity contribution >= 4 is 17.3 Å². The number of rotatable bonds is 0. The normalized spacial score (nSPS) is 5.40. The molecule has 1 N–H and O–H groups in total. The van der Waals surface area contributed by atoms with E-state index in [1.165, 1.54) is 6.07 Å². The van der Waals surface area contributed by atoms with Crippen molar-refractivity contribution in [3.63, 3.8) is 0 Å². The first-order valence-corrected chi connectivity index (χ1v) is 1.31. The smallest absolute Gasteiger partial charge is 0.262 e. The summed E-state index contributed by atoms with van der Waals surface area (Å²) in [5.41, 5.74) is 0. The van der Waals surface area contributed by atoms with Crippen LogP contribution in [0.2, 0.25) is 0 Å². The monoisotopic (exact) mass is 87.0 g/mol. The van der Waals surface area contributed by atoms with Gasteiger partial charge in [0.2, 0.25) is 0 Å². The summed E-state index contributed by atoms with van der Waals surface area (Å²) in [5.74, 6) is 0. The molecule has 0 atom stereocenters. The third kappa shape index (κ3) is 3.38. The summed E-state index contributed by atoms with van der Waals surface area (Å²) < 4.78 is 0. The van der Waals surface area contributed by atoms with Crippen LogP contribution in [-0.4, -0.2) is 10.2 Å². The minimum atomic E-state index is -0.606. The third-order valence-corrected chi connectivity index (χ3v) is 0.187. The number of aliphatic hydroxyl groups is 1. The van der Waals surface area contributed by atoms with Crippen molar-refractivity contribution in [2.24, 2.45) is 0 Å². The summed E-state index contributed by atoms with van der Waals surface area (Å²) in [5, 5.41) is 14.6. The number of hydrogen-bond acceptors (Lipinski definition) is 2. The molecular formula is C2HNOS. The van der Waals surface area contributed by atoms with Crippen molar-refractivity contribution in [2.75, 3.05) is 0 Å². The molecule has 5 heavy (non-hydrogen) atoms. The molecule has 0 unspecified atom stereocenters. The van der Waals surface area contributed by atoms with E-state index in [4.69, 9.17) is 10.4 Å². The molecule has 0 bridgehead atoms. The van der Waals surface area contributed by atoms with Crippen molar-refractivity contribution in [3.8, 4) is 6.07 Å². The number of thiocarbonyl (C=S) groups is 1. The lowest BCUT2D eigenvalue weighted by Crippen LogP contribution is -1.78. The Morgan fingerprint density at radius 3 is 2.20 bits per heavy atom. The van der Waals surface area contributed by atoms with Crippen molar-refractivity contribution in [2.45, 2.75) is 0 Å². The summed E-state index contributed by atoms with van der Waals surface area (Å²) in [6, 6.07) is 1.31. The SMILES string of the molecule is N#CC(O)=S. The van der Waals surface area contributed by atoms with Crippen LogP contribution in [0.3, 0.4) is 0 Å². The molecule has 0 aliphatic rings. The summed E-state index contributed by atoms with van der Waals surface area (Å²) in [6.45, 7) is 0. The maximum absolute atomic E-state index is 7.73. The molecule has 0 aliphatic heterocycles. The first kappa shape index (κ1) is 4.38. The Hall–Kier alpha value is -0.620. The molecule has 0 heterocycles. The Kier molecular flexibility index (Phi) is 1.47. The largest absolute Gasteiger partial charge is 0.491 e. The lowest BCUT2D eigenvalue weighted by molar-refractivity contribution is 0.576. The van der Waals surface area contributed by atoms with Crippen LogP contribution in [-0.2, 0) is 0 Å². The van der Waals surface area contributed by atoms with Crippen molar-refractivity contribution in [1.82, 2.24) is 0 Å². The van der Waals surface area contributed by atoms with Crippen LogP contribution in [0.4, 0.5) is 0 Å². The molecule has 0 rings (SSSR count). The molecule has 0 saturated carbocycles. The van der Waals surface area contributed by atoms with Crippen molar-refractivity contribution in [1.29, 1.82) is 5.26 Å². The Bertz CT molecular complexity index is 82.1. The van der Waals surface area contributed by atoms with Gasteiger partial charge < -0.3 is 5.11 Å². The molecule has 0 radical (unpaired) electrons. The third-order valence-electron chi connectivity index (χ3n) is 0.0956. The van der Waals surface area contributed by atoms with E-state index in [1.807, 2.05) is 0 Å². The van der Waals surface area contributed by atoms with E-state index in [0.29, 0.717) is 0 Å². The topological polar surface area (TPSA) is 44.0 Å². The lowest BCUT2D eigenvalue weighted by Gasteiger charge is -1.61. The zero-order valence-corrected chi connectivity index (χ0v) is 3.12. The molecule has 2 nitrogen and oxygen atoms in total. The van der Waals surface area contributed by atoms with Crippen LogP contribution in [0.25, 0.3) is 0 Å². The van der Waals surface area contributed by atoms with E-state index in [-0.39, 0.29) is 0 Å². The van der Waals surface area contributed by atoms with Gasteiger partial charge in [0.25, 0.3) is 5.05 Å². The van der Waals surface area contributed by atoms with Crippen LogP contribution in [0.1, 0.15) is 0 Å². The van der Waals surface area contributed by atoms with Crippen LogP contribution < -0.4 is 0 Å². The van der Waals surface area contributed by atoms with Crippen LogP contribution in [0.5, 0.6) is 0 Å². The van der Waals surface area contributed by atoms with Crippen molar-refractivity contribution < 1.29 is 5.11 Å². The number of nitriles is 1. The second kappa shape index (κ2) is 1.68. The second-order valence-electron chi connectivity index (χ2n) is 0.417. The fraction of sp³-hybridized carbons (Fsp3) is 0. The minimum absolute atomic E-state index is 0.606. The van der Waals surface area contributed by atoms with E-state index in [0.717, 1.165) is 0 Å². The van der Waals surface area contributed by atoms with Crippen LogP contribution in [0, 0.1) is 11.3 Å². The number of aliphatic hydroxyl groups excluding tert-OH is 1. The Labute approximate surface area is 34.6 Å². The van der Waals surface area contributed by atoms with E-state index in [2.05, 4.69) is 12.2 Å². The zero-order chi connectivity index (χ0) is 4.28. The summed E-state index contributed by atoms with van der Waals surface area (Å²) in [6.07, 6.45) is 0. The van der Waals surface area contributed by atoms with Gasteiger partial charge in [0.05, 0.1) is 0 Å². The van der Waals surface area contributed by atoms with Gasteiger partial charge >= 0.3 is 0 Å². The first-order valence-electron chi connectivity index (χ1n) is 0.901. The Morgan fingerprint density at radius 2 is 2.20 bits per heavy atom. The van der Waals surface area contributed by atoms with E-state index in [1.54, 1.807) is 0 Å². The lowest BCUT2D eigenvalue weighted by atomic mass is 10.8. The van der Waals surface area contributed by atoms with Gasteiger partial charge in [-0.2, -0.15) is 5.26 Å². The standard InChI is InChI=1S/C2HNOS/c3-1-2(4)5/h(H,4,5). The highest BCUT2D eigenvalue weighted by molar-refractivity contribution is 7.80. The van der Waals surface area contributed by atoms with Gasteiger partial charge in [-0.3, -0.25) is 0 Å². The average molecular weight is 87.1 g/mol. The van der Waals surface area contributed by atoms with Gasteiger partial charge in [-0.1, -0.05) is 0 Å². The van der Waals surface area contributed by atoms with Gasteiger partial charge in [0, 0.05) is 0 Å². The Balaban J connectivity index is 3.35. The quantitative estimate of drug-likeness (QED) is 0.343. The summed E-state index contributed by atoms with van der Waals surface area (Å²) >= 11 is 3.89. The number of nitrogens with zero attached hydrogens (tertiary/aromatic N) is 1. The highest BCUT2D eigenvalue weighted by atomic mass is 32.1. The van der Waals surface area contributed by atoms with Crippen LogP contribution >= 0.6 is 12.2 Å². The molecular weight excluding hydrogens is 86.1 g/mol. The molecule has 3 heteroatoms. The van der Waals surface area contributed by atoms with Crippen LogP contribution in [0.15, 0.2) is 0 Å². The Morgan fingerprint density at radius 1 is 2.00 bits per heavy atom. The predicted octanol–water partition coefficient (Wildman–Crippen LogP) is 0.395. The fourth-order valence-corrected chi connectivity index (χ4v) is 0. The highest BCUT2D eigenvalue weighted by Gasteiger charge is 1.72. The molecule has 0 saturated heterocycles. The van der Waals surface area contributed by atoms with Crippen molar-refractivity contribution in [3.05, 3.63) is 0 Å². The van der Waals surface area contributed by atoms with Gasteiger partial charge in [-0.05, 0) is 12.2 Å². The zero-order valence-electron chi connectivity index (χ0n) is 2.30. The molecule has 0 fully saturated rings. The highest BCUT2D eigenvalue weighted by Crippen LogP contribution is 1.56. The van der Waals surface area contributed by atoms with Gasteiger partial charge in [0.1, 0.15) is 0 Å². The molecule has 0 aromatic heterocycles. The molecule has 0 aliphatic carbocycles. The average Bonchev–Trinajstić information content (AvgIpc) is 1.38. The first-order chi connectivity index (χ1) is 2.27. The van der Waals surface area contributed by atoms with E-state index < -0.39 is 5.05 Å². The fourth-order valence-electron chi connectivity index (χ4n) is 0. The summed E-state index contributed by atoms with van der Waals surface area (Å²) in [7, 11) is 0. The maximum atomic E-state index is 7.73. The molecule has 0 aromatic rings. The van der Waals surface area contributed by atoms with Gasteiger partial charge in [-0.25, -0.2) is 0 Å². The molecule has 26 valence electrons. The van der Waals surface area contributed by atoms with Gasteiger partial charge in [0.15, 0.2) is 6.07 Å². The number of hydrogen-bond donors (Lipinski definition) is 1. The molecule has 0 amide bonds. The minimum Gasteiger partial charge on any atom is -0.491 e. The molecule has 0 spiro atoms. The van der Waals surface area contributed by atoms with Gasteiger partial charge in [-0.15, -0.1) is 0 Å². The predicted molar refractivity (Wildman–Crippen MR) is 20.8 cm³/mol. The second-order valence-corrected chi connectivity index (χ2v) is 0.804. The summed E-state index contributed by atoms with van der Waals surface area (Å²) in [4.78, 5) is 0. The maximum Gasteiger partial charge on any atom is 0.262 e. The van der Waals surface area contributed by atoms with E-state index in [9.17, 15) is 0 Å². The molecule has 0 aromatic carbocycles.